The Morgan fingerprint density at radius 3 is 2.82 bits per heavy atom. The fourth-order valence-electron chi connectivity index (χ4n) is 2.08. The van der Waals surface area contributed by atoms with E-state index < -0.39 is 4.92 Å². The Hall–Kier alpha value is -2.83. The molecular formula is C15H15N3O4. The van der Waals surface area contributed by atoms with E-state index >= 15 is 0 Å². The predicted molar refractivity (Wildman–Crippen MR) is 79.6 cm³/mol. The Morgan fingerprint density at radius 1 is 1.36 bits per heavy atom. The normalized spacial score (nSPS) is 13.6. The smallest absolute Gasteiger partial charge is 0.293 e. The van der Waals surface area contributed by atoms with Crippen LogP contribution >= 0.6 is 0 Å². The van der Waals surface area contributed by atoms with Gasteiger partial charge in [-0.2, -0.15) is 0 Å². The van der Waals surface area contributed by atoms with E-state index in [0.717, 1.165) is 12.8 Å². The van der Waals surface area contributed by atoms with E-state index in [1.165, 1.54) is 12.3 Å². The minimum Gasteiger partial charge on any atom is -0.467 e. The summed E-state index contributed by atoms with van der Waals surface area (Å²) in [6.45, 7) is 0.238. The third-order valence-corrected chi connectivity index (χ3v) is 3.40. The molecule has 0 saturated heterocycles. The minimum absolute atomic E-state index is 0.0856. The van der Waals surface area contributed by atoms with E-state index in [2.05, 4.69) is 10.6 Å². The Bertz CT molecular complexity index is 693. The van der Waals surface area contributed by atoms with Crippen LogP contribution in [0, 0.1) is 10.1 Å². The molecule has 1 saturated carbocycles. The summed E-state index contributed by atoms with van der Waals surface area (Å²) < 4.78 is 5.12. The van der Waals surface area contributed by atoms with Gasteiger partial charge in [0.05, 0.1) is 17.7 Å². The molecule has 2 aromatic rings. The predicted octanol–water partition coefficient (Wildman–Crippen LogP) is 2.69. The second-order valence-corrected chi connectivity index (χ2v) is 5.17. The fourth-order valence-corrected chi connectivity index (χ4v) is 2.08. The van der Waals surface area contributed by atoms with Gasteiger partial charge in [-0.3, -0.25) is 14.9 Å². The lowest BCUT2D eigenvalue weighted by Gasteiger charge is -2.08. The number of furan rings is 1. The van der Waals surface area contributed by atoms with E-state index in [0.29, 0.717) is 17.5 Å². The summed E-state index contributed by atoms with van der Waals surface area (Å²) in [5.41, 5.74) is 0.618. The number of nitrogens with zero attached hydrogens (tertiary/aromatic N) is 1. The van der Waals surface area contributed by atoms with Gasteiger partial charge >= 0.3 is 0 Å². The molecule has 0 bridgehead atoms. The standard InChI is InChI=1S/C15H15N3O4/c19-15(16-9-12-2-1-7-22-12)10-3-6-13(17-11-4-5-11)14(8-10)18(20)21/h1-3,6-8,11,17H,4-5,9H2,(H,16,19). The van der Waals surface area contributed by atoms with Crippen molar-refractivity contribution < 1.29 is 14.1 Å². The maximum atomic E-state index is 12.1. The number of amides is 1. The summed E-state index contributed by atoms with van der Waals surface area (Å²) >= 11 is 0. The molecule has 3 rings (SSSR count). The van der Waals surface area contributed by atoms with Crippen molar-refractivity contribution >= 4 is 17.3 Å². The number of nitrogens with one attached hydrogen (secondary N) is 2. The first kappa shape index (κ1) is 14.1. The van der Waals surface area contributed by atoms with Crippen molar-refractivity contribution in [1.82, 2.24) is 5.32 Å². The molecule has 0 unspecified atom stereocenters. The van der Waals surface area contributed by atoms with Crippen LogP contribution in [0.3, 0.4) is 0 Å². The molecule has 7 nitrogen and oxygen atoms in total. The zero-order valence-corrected chi connectivity index (χ0v) is 11.7. The number of carbonyl (C=O) groups excluding carboxylic acids is 1. The Kier molecular flexibility index (Phi) is 3.78. The first-order valence-corrected chi connectivity index (χ1v) is 6.99. The van der Waals surface area contributed by atoms with Gasteiger partial charge in [-0.15, -0.1) is 0 Å². The molecule has 7 heteroatoms. The molecule has 1 aromatic heterocycles. The summed E-state index contributed by atoms with van der Waals surface area (Å²) in [5.74, 6) is 0.243. The SMILES string of the molecule is O=C(NCc1ccco1)c1ccc(NC2CC2)c([N+](=O)[O-])c1. The molecule has 2 N–H and O–H groups in total. The van der Waals surface area contributed by atoms with Gasteiger partial charge in [0.25, 0.3) is 11.6 Å². The van der Waals surface area contributed by atoms with Crippen LogP contribution in [0.4, 0.5) is 11.4 Å². The van der Waals surface area contributed by atoms with Gasteiger partial charge in [0.2, 0.25) is 0 Å². The largest absolute Gasteiger partial charge is 0.467 e. The first-order chi connectivity index (χ1) is 10.6. The summed E-state index contributed by atoms with van der Waals surface area (Å²) in [5, 5.41) is 16.9. The molecule has 1 fully saturated rings. The van der Waals surface area contributed by atoms with E-state index in [9.17, 15) is 14.9 Å². The van der Waals surface area contributed by atoms with Gasteiger partial charge in [-0.25, -0.2) is 0 Å². The summed E-state index contributed by atoms with van der Waals surface area (Å²) in [4.78, 5) is 22.7. The van der Waals surface area contributed by atoms with Crippen LogP contribution in [-0.4, -0.2) is 16.9 Å². The molecule has 22 heavy (non-hydrogen) atoms. The van der Waals surface area contributed by atoms with Gasteiger partial charge in [0.1, 0.15) is 11.4 Å². The van der Waals surface area contributed by atoms with Crippen molar-refractivity contribution in [2.24, 2.45) is 0 Å². The van der Waals surface area contributed by atoms with Crippen LogP contribution in [0.2, 0.25) is 0 Å². The highest BCUT2D eigenvalue weighted by Crippen LogP contribution is 2.31. The quantitative estimate of drug-likeness (QED) is 0.631. The van der Waals surface area contributed by atoms with Gasteiger partial charge in [0.15, 0.2) is 0 Å². The number of nitro groups is 1. The van der Waals surface area contributed by atoms with Crippen molar-refractivity contribution in [2.75, 3.05) is 5.32 Å². The molecule has 1 heterocycles. The fraction of sp³-hybridized carbons (Fsp3) is 0.267. The van der Waals surface area contributed by atoms with Gasteiger partial charge in [0, 0.05) is 17.7 Å². The molecule has 0 atom stereocenters. The van der Waals surface area contributed by atoms with Crippen molar-refractivity contribution in [3.8, 4) is 0 Å². The summed E-state index contributed by atoms with van der Waals surface area (Å²) in [7, 11) is 0. The van der Waals surface area contributed by atoms with Gasteiger partial charge in [-0.05, 0) is 37.1 Å². The van der Waals surface area contributed by atoms with E-state index in [1.54, 1.807) is 24.3 Å². The molecule has 1 aliphatic carbocycles. The van der Waals surface area contributed by atoms with Crippen molar-refractivity contribution in [3.63, 3.8) is 0 Å². The third kappa shape index (κ3) is 3.25. The maximum absolute atomic E-state index is 12.1. The Morgan fingerprint density at radius 2 is 2.18 bits per heavy atom. The highest BCUT2D eigenvalue weighted by molar-refractivity contribution is 5.95. The molecule has 114 valence electrons. The average molecular weight is 301 g/mol. The lowest BCUT2D eigenvalue weighted by molar-refractivity contribution is -0.384. The minimum atomic E-state index is -0.478. The number of hydrogen-bond donors (Lipinski definition) is 2. The highest BCUT2D eigenvalue weighted by atomic mass is 16.6. The first-order valence-electron chi connectivity index (χ1n) is 6.99. The second-order valence-electron chi connectivity index (χ2n) is 5.17. The Balaban J connectivity index is 1.73. The number of anilines is 1. The Labute approximate surface area is 126 Å². The lowest BCUT2D eigenvalue weighted by atomic mass is 10.1. The number of hydrogen-bond acceptors (Lipinski definition) is 5. The van der Waals surface area contributed by atoms with Gasteiger partial charge < -0.3 is 15.1 Å². The maximum Gasteiger partial charge on any atom is 0.293 e. The molecule has 1 aromatic carbocycles. The third-order valence-electron chi connectivity index (χ3n) is 3.40. The number of nitro benzene ring substituents is 1. The van der Waals surface area contributed by atoms with Crippen molar-refractivity contribution in [3.05, 3.63) is 58.0 Å². The number of carbonyl (C=O) groups is 1. The van der Waals surface area contributed by atoms with Crippen LogP contribution in [0.15, 0.2) is 41.0 Å². The van der Waals surface area contributed by atoms with Crippen LogP contribution < -0.4 is 10.6 Å². The van der Waals surface area contributed by atoms with Crippen LogP contribution in [0.1, 0.15) is 29.0 Å². The van der Waals surface area contributed by atoms with Crippen LogP contribution in [0.5, 0.6) is 0 Å². The monoisotopic (exact) mass is 301 g/mol. The van der Waals surface area contributed by atoms with Crippen LogP contribution in [-0.2, 0) is 6.54 Å². The summed E-state index contributed by atoms with van der Waals surface area (Å²) in [6, 6.07) is 8.23. The second kappa shape index (κ2) is 5.88. The van der Waals surface area contributed by atoms with Crippen molar-refractivity contribution in [1.29, 1.82) is 0 Å². The summed E-state index contributed by atoms with van der Waals surface area (Å²) in [6.07, 6.45) is 3.55. The van der Waals surface area contributed by atoms with E-state index in [1.807, 2.05) is 0 Å². The highest BCUT2D eigenvalue weighted by Gasteiger charge is 2.25. The lowest BCUT2D eigenvalue weighted by Crippen LogP contribution is -2.22. The number of benzene rings is 1. The zero-order valence-electron chi connectivity index (χ0n) is 11.7. The van der Waals surface area contributed by atoms with Crippen LogP contribution in [0.25, 0.3) is 0 Å². The zero-order chi connectivity index (χ0) is 15.5. The molecular weight excluding hydrogens is 286 g/mol. The molecule has 0 radical (unpaired) electrons. The molecule has 0 spiro atoms. The van der Waals surface area contributed by atoms with Crippen molar-refractivity contribution in [2.45, 2.75) is 25.4 Å². The van der Waals surface area contributed by atoms with E-state index in [4.69, 9.17) is 4.42 Å². The molecule has 1 aliphatic rings. The molecule has 0 aliphatic heterocycles. The topological polar surface area (TPSA) is 97.4 Å². The molecule has 1 amide bonds. The average Bonchev–Trinajstić information content (AvgIpc) is 3.16. The number of rotatable bonds is 6. The van der Waals surface area contributed by atoms with Gasteiger partial charge in [-0.1, -0.05) is 0 Å². The van der Waals surface area contributed by atoms with E-state index in [-0.39, 0.29) is 23.7 Å².